The maximum atomic E-state index is 12.9. The highest BCUT2D eigenvalue weighted by atomic mass is 35.5. The zero-order valence-electron chi connectivity index (χ0n) is 16.4. The van der Waals surface area contributed by atoms with Crippen LogP contribution in [0.2, 0.25) is 5.02 Å². The van der Waals surface area contributed by atoms with Crippen molar-refractivity contribution in [2.45, 2.75) is 6.92 Å². The summed E-state index contributed by atoms with van der Waals surface area (Å²) in [6.07, 6.45) is 10.00. The lowest BCUT2D eigenvalue weighted by Gasteiger charge is -2.10. The van der Waals surface area contributed by atoms with Gasteiger partial charge in [-0.15, -0.1) is 0 Å². The molecule has 0 bridgehead atoms. The average Bonchev–Trinajstić information content (AvgIpc) is 3.43. The highest BCUT2D eigenvalue weighted by molar-refractivity contribution is 6.32. The van der Waals surface area contributed by atoms with Gasteiger partial charge in [-0.1, -0.05) is 35.9 Å². The molecule has 9 heteroatoms. The van der Waals surface area contributed by atoms with Gasteiger partial charge in [-0.3, -0.25) is 9.78 Å². The smallest absolute Gasteiger partial charge is 0.259 e. The maximum absolute atomic E-state index is 12.9. The highest BCUT2D eigenvalue weighted by Gasteiger charge is 2.17. The molecule has 0 aliphatic carbocycles. The molecule has 4 heterocycles. The Balaban J connectivity index is 1.44. The average molecular weight is 430 g/mol. The van der Waals surface area contributed by atoms with Gasteiger partial charge < -0.3 is 5.32 Å². The minimum Gasteiger partial charge on any atom is -0.320 e. The Morgan fingerprint density at radius 1 is 1.06 bits per heavy atom. The van der Waals surface area contributed by atoms with Gasteiger partial charge >= 0.3 is 0 Å². The van der Waals surface area contributed by atoms with E-state index in [1.807, 2.05) is 31.2 Å². The molecule has 1 amide bonds. The first-order chi connectivity index (χ1) is 15.1. The van der Waals surface area contributed by atoms with E-state index in [0.29, 0.717) is 27.8 Å². The SMILES string of the molecule is Cc1c(C(=O)Nc2cnc(-n3cccn3)c(Cl)c2)cnn1-c1cncc2ccccc12. The van der Waals surface area contributed by atoms with E-state index in [4.69, 9.17) is 11.6 Å². The number of anilines is 1. The molecule has 5 aromatic rings. The van der Waals surface area contributed by atoms with Crippen LogP contribution in [0, 0.1) is 6.92 Å². The second-order valence-electron chi connectivity index (χ2n) is 6.87. The standard InChI is InChI=1S/C22H16ClN7O/c1-14-18(12-27-30(14)20-13-24-10-15-5-2-3-6-17(15)20)22(31)28-16-9-19(23)21(25-11-16)29-8-4-7-26-29/h2-13H,1H3,(H,28,31). The molecular weight excluding hydrogens is 414 g/mol. The Morgan fingerprint density at radius 3 is 2.74 bits per heavy atom. The van der Waals surface area contributed by atoms with E-state index < -0.39 is 0 Å². The summed E-state index contributed by atoms with van der Waals surface area (Å²) >= 11 is 6.32. The van der Waals surface area contributed by atoms with Crippen LogP contribution in [0.5, 0.6) is 0 Å². The molecule has 1 aromatic carbocycles. The molecule has 0 aliphatic heterocycles. The summed E-state index contributed by atoms with van der Waals surface area (Å²) in [5, 5.41) is 13.7. The van der Waals surface area contributed by atoms with E-state index in [1.165, 1.54) is 6.20 Å². The van der Waals surface area contributed by atoms with Crippen LogP contribution >= 0.6 is 11.6 Å². The number of nitrogens with zero attached hydrogens (tertiary/aromatic N) is 6. The molecule has 31 heavy (non-hydrogen) atoms. The van der Waals surface area contributed by atoms with Crippen molar-refractivity contribution in [2.24, 2.45) is 0 Å². The van der Waals surface area contributed by atoms with E-state index in [1.54, 1.807) is 52.5 Å². The number of carbonyl (C=O) groups is 1. The molecule has 0 saturated carbocycles. The lowest BCUT2D eigenvalue weighted by atomic mass is 10.1. The van der Waals surface area contributed by atoms with Gasteiger partial charge in [-0.05, 0) is 19.1 Å². The second-order valence-corrected chi connectivity index (χ2v) is 7.28. The van der Waals surface area contributed by atoms with Crippen LogP contribution in [0.15, 0.2) is 73.6 Å². The van der Waals surface area contributed by atoms with Gasteiger partial charge in [0, 0.05) is 29.4 Å². The number of halogens is 1. The van der Waals surface area contributed by atoms with Crippen molar-refractivity contribution in [1.29, 1.82) is 0 Å². The Bertz CT molecular complexity index is 1400. The topological polar surface area (TPSA) is 90.5 Å². The van der Waals surface area contributed by atoms with E-state index >= 15 is 0 Å². The number of benzene rings is 1. The number of rotatable bonds is 4. The van der Waals surface area contributed by atoms with Gasteiger partial charge in [0.05, 0.1) is 46.2 Å². The largest absolute Gasteiger partial charge is 0.320 e. The fourth-order valence-corrected chi connectivity index (χ4v) is 3.66. The van der Waals surface area contributed by atoms with Crippen molar-refractivity contribution in [3.8, 4) is 11.5 Å². The Kier molecular flexibility index (Phi) is 4.68. The van der Waals surface area contributed by atoms with Crippen molar-refractivity contribution in [1.82, 2.24) is 29.5 Å². The summed E-state index contributed by atoms with van der Waals surface area (Å²) in [5.74, 6) is 0.179. The van der Waals surface area contributed by atoms with Crippen LogP contribution in [-0.2, 0) is 0 Å². The molecule has 0 unspecified atom stereocenters. The summed E-state index contributed by atoms with van der Waals surface area (Å²) in [4.78, 5) is 21.5. The van der Waals surface area contributed by atoms with Gasteiger partial charge in [0.2, 0.25) is 0 Å². The van der Waals surface area contributed by atoms with Crippen LogP contribution in [-0.4, -0.2) is 35.4 Å². The molecule has 5 rings (SSSR count). The van der Waals surface area contributed by atoms with Gasteiger partial charge in [0.15, 0.2) is 5.82 Å². The molecule has 0 aliphatic rings. The number of fused-ring (bicyclic) bond motifs is 1. The molecule has 0 radical (unpaired) electrons. The van der Waals surface area contributed by atoms with Crippen molar-refractivity contribution in [3.05, 3.63) is 89.9 Å². The molecule has 152 valence electrons. The highest BCUT2D eigenvalue weighted by Crippen LogP contribution is 2.24. The first kappa shape index (κ1) is 19.0. The number of hydrogen-bond donors (Lipinski definition) is 1. The lowest BCUT2D eigenvalue weighted by Crippen LogP contribution is -2.14. The minimum atomic E-state index is -0.304. The minimum absolute atomic E-state index is 0.304. The number of nitrogens with one attached hydrogen (secondary N) is 1. The maximum Gasteiger partial charge on any atom is 0.259 e. The predicted octanol–water partition coefficient (Wildman–Crippen LogP) is 4.22. The zero-order chi connectivity index (χ0) is 21.4. The van der Waals surface area contributed by atoms with Crippen molar-refractivity contribution < 1.29 is 4.79 Å². The third-order valence-corrected chi connectivity index (χ3v) is 5.21. The van der Waals surface area contributed by atoms with E-state index in [2.05, 4.69) is 25.5 Å². The Morgan fingerprint density at radius 2 is 1.94 bits per heavy atom. The zero-order valence-corrected chi connectivity index (χ0v) is 17.2. The lowest BCUT2D eigenvalue weighted by molar-refractivity contribution is 0.102. The summed E-state index contributed by atoms with van der Waals surface area (Å²) in [5.41, 5.74) is 2.43. The number of aromatic nitrogens is 6. The molecule has 0 spiro atoms. The summed E-state index contributed by atoms with van der Waals surface area (Å²) < 4.78 is 3.27. The summed E-state index contributed by atoms with van der Waals surface area (Å²) in [6, 6.07) is 11.3. The molecule has 0 atom stereocenters. The van der Waals surface area contributed by atoms with Crippen molar-refractivity contribution >= 4 is 34.0 Å². The molecule has 0 fully saturated rings. The molecule has 4 aromatic heterocycles. The van der Waals surface area contributed by atoms with Crippen LogP contribution in [0.25, 0.3) is 22.3 Å². The second kappa shape index (κ2) is 7.66. The molecular formula is C22H16ClN7O. The quantitative estimate of drug-likeness (QED) is 0.462. The van der Waals surface area contributed by atoms with E-state index in [0.717, 1.165) is 16.5 Å². The van der Waals surface area contributed by atoms with Crippen LogP contribution in [0.3, 0.4) is 0 Å². The number of carbonyl (C=O) groups excluding carboxylic acids is 1. The summed E-state index contributed by atoms with van der Waals surface area (Å²) in [6.45, 7) is 1.84. The van der Waals surface area contributed by atoms with Crippen LogP contribution < -0.4 is 5.32 Å². The number of hydrogen-bond acceptors (Lipinski definition) is 5. The first-order valence-electron chi connectivity index (χ1n) is 9.46. The molecule has 0 saturated heterocycles. The first-order valence-corrected chi connectivity index (χ1v) is 9.84. The van der Waals surface area contributed by atoms with Crippen LogP contribution in [0.4, 0.5) is 5.69 Å². The number of amides is 1. The third kappa shape index (κ3) is 3.43. The van der Waals surface area contributed by atoms with Gasteiger partial charge in [0.1, 0.15) is 0 Å². The monoisotopic (exact) mass is 429 g/mol. The van der Waals surface area contributed by atoms with Gasteiger partial charge in [-0.2, -0.15) is 10.2 Å². The predicted molar refractivity (Wildman–Crippen MR) is 118 cm³/mol. The Labute approximate surface area is 182 Å². The summed E-state index contributed by atoms with van der Waals surface area (Å²) in [7, 11) is 0. The van der Waals surface area contributed by atoms with Crippen molar-refractivity contribution in [3.63, 3.8) is 0 Å². The normalized spacial score (nSPS) is 11.0. The third-order valence-electron chi connectivity index (χ3n) is 4.93. The Hall–Kier alpha value is -4.04. The van der Waals surface area contributed by atoms with Crippen molar-refractivity contribution in [2.75, 3.05) is 5.32 Å². The fourth-order valence-electron chi connectivity index (χ4n) is 3.40. The molecule has 1 N–H and O–H groups in total. The molecule has 8 nitrogen and oxygen atoms in total. The fraction of sp³-hybridized carbons (Fsp3) is 0.0455. The van der Waals surface area contributed by atoms with E-state index in [9.17, 15) is 4.79 Å². The van der Waals surface area contributed by atoms with Gasteiger partial charge in [0.25, 0.3) is 5.91 Å². The van der Waals surface area contributed by atoms with Gasteiger partial charge in [-0.25, -0.2) is 14.3 Å². The van der Waals surface area contributed by atoms with E-state index in [-0.39, 0.29) is 5.91 Å². The van der Waals surface area contributed by atoms with Crippen LogP contribution in [0.1, 0.15) is 16.1 Å². The number of pyridine rings is 2.